The third-order valence-electron chi connectivity index (χ3n) is 4.04. The van der Waals surface area contributed by atoms with E-state index in [1.807, 2.05) is 44.6 Å². The van der Waals surface area contributed by atoms with Gasteiger partial charge in [-0.05, 0) is 37.6 Å². The van der Waals surface area contributed by atoms with Crippen molar-refractivity contribution in [3.8, 4) is 5.75 Å². The molecule has 3 rings (SSSR count). The maximum absolute atomic E-state index is 5.95. The van der Waals surface area contributed by atoms with Crippen LogP contribution in [-0.2, 0) is 18.4 Å². The molecule has 0 saturated heterocycles. The van der Waals surface area contributed by atoms with Gasteiger partial charge in [-0.2, -0.15) is 0 Å². The maximum Gasteiger partial charge on any atom is 0.205 e. The summed E-state index contributed by atoms with van der Waals surface area (Å²) < 4.78 is 13.8. The predicted molar refractivity (Wildman–Crippen MR) is 89.8 cm³/mol. The van der Waals surface area contributed by atoms with Crippen molar-refractivity contribution in [1.29, 1.82) is 0 Å². The lowest BCUT2D eigenvalue weighted by Crippen LogP contribution is -3.00. The van der Waals surface area contributed by atoms with Crippen LogP contribution < -0.4 is 26.3 Å². The lowest BCUT2D eigenvalue weighted by atomic mass is 10.0. The normalized spacial score (nSPS) is 15.5. The number of hydrogen-bond acceptors (Lipinski definition) is 3. The van der Waals surface area contributed by atoms with Crippen LogP contribution in [0.1, 0.15) is 41.9 Å². The van der Waals surface area contributed by atoms with Crippen molar-refractivity contribution in [2.45, 2.75) is 40.1 Å². The quantitative estimate of drug-likeness (QED) is 0.693. The molecule has 0 aromatic carbocycles. The smallest absolute Gasteiger partial charge is 0.205 e. The molecule has 0 spiro atoms. The number of aromatic nitrogens is 2. The lowest BCUT2D eigenvalue weighted by molar-refractivity contribution is -0.671. The largest absolute Gasteiger partial charge is 1.00 e. The van der Waals surface area contributed by atoms with Gasteiger partial charge in [0.2, 0.25) is 5.79 Å². The molecule has 0 unspecified atom stereocenters. The molecule has 0 N–H and O–H groups in total. The van der Waals surface area contributed by atoms with Crippen LogP contribution in [0.5, 0.6) is 5.75 Å². The van der Waals surface area contributed by atoms with Crippen molar-refractivity contribution in [2.24, 2.45) is 7.05 Å². The molecule has 24 heavy (non-hydrogen) atoms. The zero-order valence-electron chi connectivity index (χ0n) is 14.8. The van der Waals surface area contributed by atoms with Crippen molar-refractivity contribution in [3.05, 3.63) is 52.6 Å². The van der Waals surface area contributed by atoms with E-state index in [2.05, 4.69) is 31.3 Å². The Bertz CT molecular complexity index is 785. The average molecular weight is 391 g/mol. The molecular weight excluding hydrogens is 368 g/mol. The number of aryl methyl sites for hydroxylation is 2. The van der Waals surface area contributed by atoms with Gasteiger partial charge in [0, 0.05) is 31.0 Å². The van der Waals surface area contributed by atoms with E-state index in [1.54, 1.807) is 0 Å². The van der Waals surface area contributed by atoms with Gasteiger partial charge in [-0.25, -0.2) is 9.55 Å². The van der Waals surface area contributed by atoms with Gasteiger partial charge in [-0.1, -0.05) is 0 Å². The Morgan fingerprint density at radius 3 is 2.71 bits per heavy atom. The number of fused-ring (bicyclic) bond motifs is 1. The molecule has 2 aromatic heterocycles. The standard InChI is InChI=1S/C19H23N2O2.BrH/c1-13-16-12-22-19(3,4)23-18(16)14(2)20-17(13)9-8-15-7-6-10-21(5)11-15;/h6-11H,12H2,1-5H3;1H/q+1;/p-1/b9-8+;. The van der Waals surface area contributed by atoms with Gasteiger partial charge in [0.1, 0.15) is 12.8 Å². The second-order valence-electron chi connectivity index (χ2n) is 6.44. The van der Waals surface area contributed by atoms with Crippen LogP contribution in [0.4, 0.5) is 0 Å². The van der Waals surface area contributed by atoms with Gasteiger partial charge in [0.25, 0.3) is 0 Å². The van der Waals surface area contributed by atoms with Crippen LogP contribution in [0, 0.1) is 13.8 Å². The fourth-order valence-electron chi connectivity index (χ4n) is 2.74. The summed E-state index contributed by atoms with van der Waals surface area (Å²) in [6, 6.07) is 4.10. The predicted octanol–water partition coefficient (Wildman–Crippen LogP) is 0.342. The van der Waals surface area contributed by atoms with E-state index in [0.717, 1.165) is 33.8 Å². The Kier molecular flexibility index (Phi) is 5.45. The van der Waals surface area contributed by atoms with Gasteiger partial charge in [0.05, 0.1) is 18.0 Å². The molecule has 1 aliphatic heterocycles. The van der Waals surface area contributed by atoms with Crippen molar-refractivity contribution in [2.75, 3.05) is 0 Å². The SMILES string of the molecule is Cc1nc(/C=C/c2ccc[n+](C)c2)c(C)c2c1OC(C)(C)OC2.[Br-]. The minimum atomic E-state index is -0.595. The monoisotopic (exact) mass is 390 g/mol. The van der Waals surface area contributed by atoms with Crippen LogP contribution in [0.3, 0.4) is 0 Å². The number of rotatable bonds is 2. The molecule has 0 bridgehead atoms. The highest BCUT2D eigenvalue weighted by Gasteiger charge is 2.30. The van der Waals surface area contributed by atoms with Crippen LogP contribution in [0.15, 0.2) is 24.5 Å². The number of nitrogens with zero attached hydrogens (tertiary/aromatic N) is 2. The number of halogens is 1. The molecule has 2 aromatic rings. The first-order chi connectivity index (χ1) is 10.9. The second-order valence-corrected chi connectivity index (χ2v) is 6.44. The van der Waals surface area contributed by atoms with Crippen molar-refractivity contribution in [3.63, 3.8) is 0 Å². The molecule has 0 atom stereocenters. The molecule has 4 nitrogen and oxygen atoms in total. The van der Waals surface area contributed by atoms with E-state index in [-0.39, 0.29) is 17.0 Å². The highest BCUT2D eigenvalue weighted by molar-refractivity contribution is 5.70. The fraction of sp³-hybridized carbons (Fsp3) is 0.368. The van der Waals surface area contributed by atoms with Gasteiger partial charge >= 0.3 is 0 Å². The zero-order chi connectivity index (χ0) is 16.6. The Hall–Kier alpha value is -1.72. The highest BCUT2D eigenvalue weighted by atomic mass is 79.9. The molecule has 0 radical (unpaired) electrons. The van der Waals surface area contributed by atoms with Gasteiger partial charge in [-0.15, -0.1) is 0 Å². The van der Waals surface area contributed by atoms with E-state index >= 15 is 0 Å². The zero-order valence-corrected chi connectivity index (χ0v) is 16.3. The first-order valence-electron chi connectivity index (χ1n) is 7.82. The van der Waals surface area contributed by atoms with E-state index in [1.165, 1.54) is 0 Å². The van der Waals surface area contributed by atoms with Gasteiger partial charge in [-0.3, -0.25) is 0 Å². The number of hydrogen-bond donors (Lipinski definition) is 0. The minimum absolute atomic E-state index is 0. The van der Waals surface area contributed by atoms with Gasteiger partial charge < -0.3 is 26.5 Å². The second kappa shape index (κ2) is 7.03. The summed E-state index contributed by atoms with van der Waals surface area (Å²) in [5.41, 5.74) is 5.20. The molecular formula is C19H23BrN2O2. The fourth-order valence-corrected chi connectivity index (χ4v) is 2.74. The summed E-state index contributed by atoms with van der Waals surface area (Å²) in [7, 11) is 2.01. The van der Waals surface area contributed by atoms with E-state index in [4.69, 9.17) is 14.5 Å². The van der Waals surface area contributed by atoms with Crippen LogP contribution in [-0.4, -0.2) is 10.8 Å². The molecule has 128 valence electrons. The number of pyridine rings is 2. The third-order valence-corrected chi connectivity index (χ3v) is 4.04. The average Bonchev–Trinajstić information content (AvgIpc) is 2.49. The Labute approximate surface area is 153 Å². The Balaban J connectivity index is 0.00000208. The summed E-state index contributed by atoms with van der Waals surface area (Å²) in [6.45, 7) is 8.46. The summed E-state index contributed by atoms with van der Waals surface area (Å²) in [5.74, 6) is 0.268. The number of ether oxygens (including phenoxy) is 2. The summed E-state index contributed by atoms with van der Waals surface area (Å²) in [6.07, 6.45) is 8.22. The molecule has 3 heterocycles. The molecule has 0 saturated carbocycles. The molecule has 0 aliphatic carbocycles. The van der Waals surface area contributed by atoms with Crippen molar-refractivity contribution < 1.29 is 31.0 Å². The molecule has 0 fully saturated rings. The van der Waals surface area contributed by atoms with E-state index in [9.17, 15) is 0 Å². The topological polar surface area (TPSA) is 35.2 Å². The Morgan fingerprint density at radius 1 is 1.25 bits per heavy atom. The van der Waals surface area contributed by atoms with Crippen LogP contribution in [0.25, 0.3) is 12.2 Å². The minimum Gasteiger partial charge on any atom is -1.00 e. The van der Waals surface area contributed by atoms with Crippen molar-refractivity contribution in [1.82, 2.24) is 4.98 Å². The van der Waals surface area contributed by atoms with E-state index in [0.29, 0.717) is 6.61 Å². The van der Waals surface area contributed by atoms with Crippen molar-refractivity contribution >= 4 is 12.2 Å². The summed E-state index contributed by atoms with van der Waals surface area (Å²) >= 11 is 0. The van der Waals surface area contributed by atoms with Gasteiger partial charge in [0.15, 0.2) is 12.4 Å². The summed E-state index contributed by atoms with van der Waals surface area (Å²) in [4.78, 5) is 4.71. The third kappa shape index (κ3) is 3.84. The highest BCUT2D eigenvalue weighted by Crippen LogP contribution is 2.36. The molecule has 1 aliphatic rings. The maximum atomic E-state index is 5.95. The lowest BCUT2D eigenvalue weighted by Gasteiger charge is -2.34. The summed E-state index contributed by atoms with van der Waals surface area (Å²) in [5, 5.41) is 0. The molecule has 0 amide bonds. The first kappa shape index (κ1) is 18.6. The molecule has 5 heteroatoms. The van der Waals surface area contributed by atoms with Crippen LogP contribution >= 0.6 is 0 Å². The Morgan fingerprint density at radius 2 is 2.00 bits per heavy atom. The van der Waals surface area contributed by atoms with E-state index < -0.39 is 5.79 Å². The van der Waals surface area contributed by atoms with Crippen LogP contribution in [0.2, 0.25) is 0 Å². The first-order valence-corrected chi connectivity index (χ1v) is 7.82.